The molecule has 0 spiro atoms. The highest BCUT2D eigenvalue weighted by Gasteiger charge is 2.61. The van der Waals surface area contributed by atoms with Gasteiger partial charge in [0.15, 0.2) is 0 Å². The molecule has 0 aromatic heterocycles. The molecule has 72 heavy (non-hydrogen) atoms. The van der Waals surface area contributed by atoms with Gasteiger partial charge < -0.3 is 12.3 Å². The first-order valence-electron chi connectivity index (χ1n) is 26.2. The van der Waals surface area contributed by atoms with Gasteiger partial charge in [0.05, 0.1) is 0 Å². The van der Waals surface area contributed by atoms with Gasteiger partial charge in [0.25, 0.3) is 8.32 Å². The number of benzene rings is 9. The highest BCUT2D eigenvalue weighted by Crippen LogP contribution is 2.30. The molecule has 0 unspecified atom stereocenters. The predicted molar refractivity (Wildman–Crippen MR) is 313 cm³/mol. The van der Waals surface area contributed by atoms with Crippen LogP contribution >= 0.6 is 0 Å². The SMILES string of the molecule is CCCCCCCCCCC[Si](O[Si](O[Si](O[Si](c1ccccc1)(c1ccccc1)c1ccccc1)(c1ccccc1)c1ccccc1)(c1ccccc1)c1ccccc1)(c1ccccc1)c1ccccc1. The van der Waals surface area contributed by atoms with Crippen molar-refractivity contribution in [2.24, 2.45) is 0 Å². The van der Waals surface area contributed by atoms with E-state index < -0.39 is 33.8 Å². The maximum Gasteiger partial charge on any atom is 0.389 e. The molecule has 362 valence electrons. The number of hydrogen-bond acceptors (Lipinski definition) is 3. The average molecular weight is 1010 g/mol. The summed E-state index contributed by atoms with van der Waals surface area (Å²) in [7, 11) is -14.9. The smallest absolute Gasteiger partial charge is 0.389 e. The first-order chi connectivity index (χ1) is 35.6. The van der Waals surface area contributed by atoms with Crippen molar-refractivity contribution >= 4 is 80.4 Å². The van der Waals surface area contributed by atoms with Crippen LogP contribution in [0.5, 0.6) is 0 Å². The van der Waals surface area contributed by atoms with Gasteiger partial charge in [0.1, 0.15) is 0 Å². The van der Waals surface area contributed by atoms with E-state index in [9.17, 15) is 0 Å². The predicted octanol–water partition coefficient (Wildman–Crippen LogP) is 10.5. The Morgan fingerprint density at radius 1 is 0.236 bits per heavy atom. The topological polar surface area (TPSA) is 27.7 Å². The van der Waals surface area contributed by atoms with Crippen molar-refractivity contribution < 1.29 is 12.3 Å². The van der Waals surface area contributed by atoms with Crippen LogP contribution in [-0.2, 0) is 12.3 Å². The highest BCUT2D eigenvalue weighted by molar-refractivity contribution is 7.16. The summed E-state index contributed by atoms with van der Waals surface area (Å²) in [5, 5.41) is 10.1. The van der Waals surface area contributed by atoms with E-state index in [-0.39, 0.29) is 0 Å². The second kappa shape index (κ2) is 24.9. The lowest BCUT2D eigenvalue weighted by atomic mass is 10.1. The van der Waals surface area contributed by atoms with Crippen LogP contribution < -0.4 is 46.7 Å². The first kappa shape index (κ1) is 50.7. The molecule has 9 rings (SSSR count). The lowest BCUT2D eigenvalue weighted by Crippen LogP contribution is -2.83. The lowest BCUT2D eigenvalue weighted by Gasteiger charge is -2.49. The largest absolute Gasteiger partial charge is 0.422 e. The Balaban J connectivity index is 1.35. The van der Waals surface area contributed by atoms with Crippen LogP contribution in [0.2, 0.25) is 6.04 Å². The molecule has 0 bridgehead atoms. The van der Waals surface area contributed by atoms with Crippen molar-refractivity contribution in [1.82, 2.24) is 0 Å². The Kier molecular flexibility index (Phi) is 17.5. The van der Waals surface area contributed by atoms with Gasteiger partial charge in [-0.1, -0.05) is 338 Å². The molecule has 0 saturated carbocycles. The molecule has 0 radical (unpaired) electrons. The molecule has 0 aliphatic heterocycles. The van der Waals surface area contributed by atoms with Crippen molar-refractivity contribution in [3.05, 3.63) is 273 Å². The van der Waals surface area contributed by atoms with Gasteiger partial charge in [-0.25, -0.2) is 0 Å². The molecule has 0 fully saturated rings. The van der Waals surface area contributed by atoms with Gasteiger partial charge in [-0.05, 0) is 52.7 Å². The molecular weight excluding hydrogens is 941 g/mol. The Labute approximate surface area is 434 Å². The fourth-order valence-electron chi connectivity index (χ4n) is 10.6. The summed E-state index contributed by atoms with van der Waals surface area (Å²) in [6, 6.07) is 99.9. The van der Waals surface area contributed by atoms with Crippen LogP contribution in [0.3, 0.4) is 0 Å². The van der Waals surface area contributed by atoms with Crippen molar-refractivity contribution in [1.29, 1.82) is 0 Å². The van der Waals surface area contributed by atoms with Gasteiger partial charge in [0, 0.05) is 0 Å². The van der Waals surface area contributed by atoms with Gasteiger partial charge in [-0.15, -0.1) is 0 Å². The third-order valence-corrected chi connectivity index (χ3v) is 32.8. The van der Waals surface area contributed by atoms with Crippen LogP contribution in [-0.4, -0.2) is 33.8 Å². The molecule has 9 aromatic carbocycles. The molecule has 9 aromatic rings. The quantitative estimate of drug-likeness (QED) is 0.0324. The van der Waals surface area contributed by atoms with E-state index in [1.54, 1.807) is 0 Å². The van der Waals surface area contributed by atoms with Crippen LogP contribution in [0.25, 0.3) is 0 Å². The molecule has 7 heteroatoms. The van der Waals surface area contributed by atoms with E-state index in [1.807, 2.05) is 0 Å². The number of hydrogen-bond donors (Lipinski definition) is 0. The third kappa shape index (κ3) is 11.2. The molecule has 0 heterocycles. The molecule has 0 atom stereocenters. The zero-order chi connectivity index (χ0) is 49.2. The van der Waals surface area contributed by atoms with Crippen LogP contribution in [0.1, 0.15) is 64.7 Å². The third-order valence-electron chi connectivity index (χ3n) is 14.2. The highest BCUT2D eigenvalue weighted by atomic mass is 28.5. The molecule has 0 saturated heterocycles. The van der Waals surface area contributed by atoms with E-state index in [2.05, 4.69) is 280 Å². The first-order valence-corrected chi connectivity index (χ1v) is 33.9. The molecule has 0 aliphatic carbocycles. The maximum absolute atomic E-state index is 8.98. The van der Waals surface area contributed by atoms with Crippen molar-refractivity contribution in [3.63, 3.8) is 0 Å². The van der Waals surface area contributed by atoms with E-state index in [1.165, 1.54) is 55.3 Å². The Morgan fingerprint density at radius 2 is 0.472 bits per heavy atom. The molecule has 3 nitrogen and oxygen atoms in total. The van der Waals surface area contributed by atoms with Crippen molar-refractivity contribution in [2.75, 3.05) is 0 Å². The summed E-state index contributed by atoms with van der Waals surface area (Å²) in [4.78, 5) is 0. The minimum absolute atomic E-state index is 0.900. The standard InChI is InChI=1S/C65H68O3Si4/c1-2-3-4-5-6-7-8-9-37-56-69(57-38-19-10-20-39-57,58-40-21-11-22-41-58)66-71(62-48-29-15-30-49-62,63-50-31-16-32-51-63)68-72(64-52-33-17-34-53-64,65-54-35-18-36-55-65)67-70(59-42-23-12-24-43-59,60-44-25-13-26-45-60)61-46-27-14-28-47-61/h10-36,38-55H,2-9,37,56H2,1H3. The number of rotatable bonds is 25. The summed E-state index contributed by atoms with van der Waals surface area (Å²) < 4.78 is 26.7. The summed E-state index contributed by atoms with van der Waals surface area (Å²) in [5.74, 6) is 0. The van der Waals surface area contributed by atoms with Gasteiger partial charge in [-0.3, -0.25) is 0 Å². The second-order valence-electron chi connectivity index (χ2n) is 18.9. The normalized spacial score (nSPS) is 12.1. The summed E-state index contributed by atoms with van der Waals surface area (Å²) >= 11 is 0. The van der Waals surface area contributed by atoms with Gasteiger partial charge in [0.2, 0.25) is 8.32 Å². The van der Waals surface area contributed by atoms with E-state index in [0.29, 0.717) is 0 Å². The van der Waals surface area contributed by atoms with Crippen molar-refractivity contribution in [3.8, 4) is 0 Å². The van der Waals surface area contributed by atoms with E-state index >= 15 is 0 Å². The minimum Gasteiger partial charge on any atom is -0.422 e. The Hall–Kier alpha value is -6.27. The zero-order valence-electron chi connectivity index (χ0n) is 41.8. The second-order valence-corrected chi connectivity index (χ2v) is 32.5. The molecule has 0 aliphatic rings. The summed E-state index contributed by atoms with van der Waals surface area (Å²) in [6.45, 7) is 2.30. The van der Waals surface area contributed by atoms with Gasteiger partial charge in [-0.2, -0.15) is 0 Å². The van der Waals surface area contributed by atoms with Crippen molar-refractivity contribution in [2.45, 2.75) is 70.8 Å². The maximum atomic E-state index is 8.98. The van der Waals surface area contributed by atoms with Crippen LogP contribution in [0.4, 0.5) is 0 Å². The van der Waals surface area contributed by atoms with E-state index in [0.717, 1.165) is 55.2 Å². The fraction of sp³-hybridized carbons (Fsp3) is 0.169. The fourth-order valence-corrected chi connectivity index (χ4v) is 32.8. The molecule has 0 amide bonds. The van der Waals surface area contributed by atoms with Crippen LogP contribution in [0.15, 0.2) is 273 Å². The van der Waals surface area contributed by atoms with Gasteiger partial charge >= 0.3 is 17.1 Å². The monoisotopic (exact) mass is 1010 g/mol. The van der Waals surface area contributed by atoms with Crippen LogP contribution in [0, 0.1) is 0 Å². The zero-order valence-corrected chi connectivity index (χ0v) is 45.8. The minimum atomic E-state index is -4.08. The Bertz CT molecular complexity index is 2720. The molecule has 0 N–H and O–H groups in total. The number of unbranched alkanes of at least 4 members (excludes halogenated alkanes) is 8. The summed E-state index contributed by atoms with van der Waals surface area (Å²) in [6.07, 6.45) is 11.2. The Morgan fingerprint density at radius 3 is 0.764 bits per heavy atom. The summed E-state index contributed by atoms with van der Waals surface area (Å²) in [5.41, 5.74) is 0. The van der Waals surface area contributed by atoms with E-state index in [4.69, 9.17) is 12.3 Å². The average Bonchev–Trinajstić information content (AvgIpc) is 3.47. The lowest BCUT2D eigenvalue weighted by molar-refractivity contribution is 0.359. The molecular formula is C65H68O3Si4.